The summed E-state index contributed by atoms with van der Waals surface area (Å²) < 4.78 is 0. The zero-order valence-corrected chi connectivity index (χ0v) is 15.8. The summed E-state index contributed by atoms with van der Waals surface area (Å²) in [7, 11) is 0. The molecule has 2 aliphatic carbocycles. The molecule has 2 aliphatic rings. The molecule has 128 valence electrons. The first-order valence-corrected chi connectivity index (χ1v) is 9.55. The van der Waals surface area contributed by atoms with Crippen molar-refractivity contribution in [2.75, 3.05) is 0 Å². The maximum atomic E-state index is 11.8. The molecule has 0 saturated heterocycles. The molecule has 1 heteroatoms. The number of aliphatic hydroxyl groups is 1. The van der Waals surface area contributed by atoms with E-state index in [4.69, 9.17) is 0 Å². The Morgan fingerprint density at radius 1 is 1.18 bits per heavy atom. The third-order valence-corrected chi connectivity index (χ3v) is 7.38. The van der Waals surface area contributed by atoms with Gasteiger partial charge in [-0.1, -0.05) is 52.7 Å². The Labute approximate surface area is 138 Å². The van der Waals surface area contributed by atoms with Crippen LogP contribution in [0.5, 0.6) is 0 Å². The highest BCUT2D eigenvalue weighted by Crippen LogP contribution is 2.63. The number of hydrogen-bond donors (Lipinski definition) is 1. The van der Waals surface area contributed by atoms with Gasteiger partial charge in [-0.05, 0) is 74.5 Å². The highest BCUT2D eigenvalue weighted by molar-refractivity contribution is 5.12. The molecule has 22 heavy (non-hydrogen) atoms. The Bertz CT molecular complexity index is 422. The number of allylic oxidation sites excluding steroid dienone is 2. The smallest absolute Gasteiger partial charge is 0.0732 e. The highest BCUT2D eigenvalue weighted by Gasteiger charge is 2.60. The van der Waals surface area contributed by atoms with E-state index in [1.54, 1.807) is 0 Å². The fraction of sp³-hybridized carbons (Fsp3) is 0.905. The number of fused-ring (bicyclic) bond motifs is 1. The first-order valence-electron chi connectivity index (χ1n) is 9.55. The Kier molecular flexibility index (Phi) is 5.17. The van der Waals surface area contributed by atoms with Crippen LogP contribution in [0.1, 0.15) is 92.9 Å². The Morgan fingerprint density at radius 3 is 2.50 bits per heavy atom. The van der Waals surface area contributed by atoms with E-state index in [0.717, 1.165) is 19.3 Å². The molecule has 2 rings (SSSR count). The minimum absolute atomic E-state index is 0.0961. The zero-order valence-electron chi connectivity index (χ0n) is 15.8. The molecule has 0 aliphatic heterocycles. The van der Waals surface area contributed by atoms with E-state index in [1.807, 2.05) is 0 Å². The maximum absolute atomic E-state index is 11.8. The molecule has 0 spiro atoms. The average Bonchev–Trinajstić information content (AvgIpc) is 2.42. The lowest BCUT2D eigenvalue weighted by molar-refractivity contribution is -0.211. The molecule has 0 bridgehead atoms. The van der Waals surface area contributed by atoms with Crippen molar-refractivity contribution in [3.63, 3.8) is 0 Å². The maximum Gasteiger partial charge on any atom is 0.0732 e. The first-order chi connectivity index (χ1) is 10.2. The third-order valence-electron chi connectivity index (χ3n) is 7.38. The summed E-state index contributed by atoms with van der Waals surface area (Å²) in [5.74, 6) is 1.10. The van der Waals surface area contributed by atoms with Crippen LogP contribution in [0.3, 0.4) is 0 Å². The summed E-state index contributed by atoms with van der Waals surface area (Å²) in [6.07, 6.45) is 11.7. The van der Waals surface area contributed by atoms with Gasteiger partial charge in [0.1, 0.15) is 0 Å². The molecule has 4 atom stereocenters. The van der Waals surface area contributed by atoms with Crippen molar-refractivity contribution >= 4 is 0 Å². The van der Waals surface area contributed by atoms with Crippen molar-refractivity contribution in [2.24, 2.45) is 22.7 Å². The number of hydrogen-bond acceptors (Lipinski definition) is 1. The van der Waals surface area contributed by atoms with Gasteiger partial charge in [0, 0.05) is 0 Å². The van der Waals surface area contributed by atoms with Crippen LogP contribution < -0.4 is 0 Å². The van der Waals surface area contributed by atoms with E-state index in [2.05, 4.69) is 47.6 Å². The molecule has 0 amide bonds. The summed E-state index contributed by atoms with van der Waals surface area (Å²) in [5, 5.41) is 11.8. The summed E-state index contributed by atoms with van der Waals surface area (Å²) in [6, 6.07) is 0. The first kappa shape index (κ1) is 18.0. The van der Waals surface area contributed by atoms with Crippen LogP contribution in [-0.4, -0.2) is 10.7 Å². The summed E-state index contributed by atoms with van der Waals surface area (Å²) in [5.41, 5.74) is 1.44. The van der Waals surface area contributed by atoms with Crippen LogP contribution in [0.4, 0.5) is 0 Å². The van der Waals surface area contributed by atoms with Crippen molar-refractivity contribution in [3.8, 4) is 0 Å². The van der Waals surface area contributed by atoms with Crippen LogP contribution in [0, 0.1) is 22.7 Å². The second kappa shape index (κ2) is 6.30. The topological polar surface area (TPSA) is 20.2 Å². The monoisotopic (exact) mass is 306 g/mol. The highest BCUT2D eigenvalue weighted by atomic mass is 16.3. The second-order valence-corrected chi connectivity index (χ2v) is 9.17. The lowest BCUT2D eigenvalue weighted by Crippen LogP contribution is -2.62. The van der Waals surface area contributed by atoms with E-state index in [-0.39, 0.29) is 5.41 Å². The predicted molar refractivity (Wildman–Crippen MR) is 95.9 cm³/mol. The molecular weight excluding hydrogens is 268 g/mol. The summed E-state index contributed by atoms with van der Waals surface area (Å²) in [6.45, 7) is 14.0. The van der Waals surface area contributed by atoms with Gasteiger partial charge in [0.25, 0.3) is 0 Å². The minimum atomic E-state index is -0.490. The van der Waals surface area contributed by atoms with E-state index >= 15 is 0 Å². The normalized spacial score (nSPS) is 42.0. The number of rotatable bonds is 4. The van der Waals surface area contributed by atoms with Crippen LogP contribution in [0.15, 0.2) is 11.6 Å². The largest absolute Gasteiger partial charge is 0.389 e. The molecule has 0 aromatic carbocycles. The van der Waals surface area contributed by atoms with E-state index in [0.29, 0.717) is 17.3 Å². The average molecular weight is 307 g/mol. The predicted octanol–water partition coefficient (Wildman–Crippen LogP) is 6.12. The molecule has 1 nitrogen and oxygen atoms in total. The molecule has 0 aromatic heterocycles. The molecule has 2 saturated carbocycles. The Balaban J connectivity index is 2.28. The fourth-order valence-electron chi connectivity index (χ4n) is 5.94. The van der Waals surface area contributed by atoms with Crippen LogP contribution in [0.25, 0.3) is 0 Å². The van der Waals surface area contributed by atoms with E-state index in [1.165, 1.54) is 37.7 Å². The summed E-state index contributed by atoms with van der Waals surface area (Å²) in [4.78, 5) is 0. The van der Waals surface area contributed by atoms with E-state index in [9.17, 15) is 5.11 Å². The van der Waals surface area contributed by atoms with Crippen molar-refractivity contribution in [3.05, 3.63) is 11.6 Å². The van der Waals surface area contributed by atoms with Gasteiger partial charge in [0.15, 0.2) is 0 Å². The van der Waals surface area contributed by atoms with Crippen molar-refractivity contribution < 1.29 is 5.11 Å². The summed E-state index contributed by atoms with van der Waals surface area (Å²) >= 11 is 0. The minimum Gasteiger partial charge on any atom is -0.389 e. The molecule has 0 radical (unpaired) electrons. The van der Waals surface area contributed by atoms with Crippen LogP contribution >= 0.6 is 0 Å². The second-order valence-electron chi connectivity index (χ2n) is 9.17. The third kappa shape index (κ3) is 2.90. The molecule has 0 heterocycles. The SMILES string of the molecule is CC/C=C(\C)CC[C@@]1(O)[C@H](C)CCC2C(C)(C)CCC[C@@]21C. The fourth-order valence-corrected chi connectivity index (χ4v) is 5.94. The lowest BCUT2D eigenvalue weighted by atomic mass is 9.44. The van der Waals surface area contributed by atoms with Crippen molar-refractivity contribution in [2.45, 2.75) is 98.5 Å². The Hall–Kier alpha value is -0.300. The molecular formula is C21H38O. The van der Waals surface area contributed by atoms with Gasteiger partial charge in [-0.2, -0.15) is 0 Å². The van der Waals surface area contributed by atoms with Gasteiger partial charge < -0.3 is 5.11 Å². The Morgan fingerprint density at radius 2 is 1.86 bits per heavy atom. The quantitative estimate of drug-likeness (QED) is 0.621. The van der Waals surface area contributed by atoms with Gasteiger partial charge in [-0.25, -0.2) is 0 Å². The van der Waals surface area contributed by atoms with Crippen molar-refractivity contribution in [1.82, 2.24) is 0 Å². The molecule has 1 unspecified atom stereocenters. The lowest BCUT2D eigenvalue weighted by Gasteiger charge is -2.63. The van der Waals surface area contributed by atoms with E-state index < -0.39 is 5.60 Å². The van der Waals surface area contributed by atoms with Gasteiger partial charge >= 0.3 is 0 Å². The van der Waals surface area contributed by atoms with Crippen molar-refractivity contribution in [1.29, 1.82) is 0 Å². The molecule has 0 aromatic rings. The van der Waals surface area contributed by atoms with Gasteiger partial charge in [0.05, 0.1) is 5.60 Å². The van der Waals surface area contributed by atoms with Gasteiger partial charge in [0.2, 0.25) is 0 Å². The van der Waals surface area contributed by atoms with Gasteiger partial charge in [-0.15, -0.1) is 0 Å². The van der Waals surface area contributed by atoms with Crippen LogP contribution in [-0.2, 0) is 0 Å². The van der Waals surface area contributed by atoms with Gasteiger partial charge in [-0.3, -0.25) is 0 Å². The molecule has 2 fully saturated rings. The molecule has 1 N–H and O–H groups in total. The zero-order chi connectivity index (χ0) is 16.6. The van der Waals surface area contributed by atoms with Crippen LogP contribution in [0.2, 0.25) is 0 Å². The standard InChI is InChI=1S/C21H38O/c1-7-9-16(2)12-15-21(22)17(3)10-11-18-19(4,5)13-8-14-20(18,21)6/h9,17-18,22H,7-8,10-15H2,1-6H3/b16-9+/t17-,18?,20+,21-/m1/s1.